The van der Waals surface area contributed by atoms with E-state index in [0.29, 0.717) is 6.54 Å². The Labute approximate surface area is 113 Å². The second kappa shape index (κ2) is 5.65. The van der Waals surface area contributed by atoms with Crippen LogP contribution in [-0.4, -0.2) is 6.54 Å². The van der Waals surface area contributed by atoms with Crippen LogP contribution in [0.25, 0.3) is 0 Å². The quantitative estimate of drug-likeness (QED) is 0.862. The highest BCUT2D eigenvalue weighted by molar-refractivity contribution is 14.1. The number of rotatable bonds is 4. The molecule has 0 fully saturated rings. The smallest absolute Gasteiger partial charge is 0.137 e. The Morgan fingerprint density at radius 2 is 2.12 bits per heavy atom. The molecular formula is C12H12INOS. The minimum atomic E-state index is -0.0536. The van der Waals surface area contributed by atoms with Crippen LogP contribution in [0.4, 0.5) is 0 Å². The summed E-state index contributed by atoms with van der Waals surface area (Å²) in [5, 5.41) is 4.12. The molecule has 1 aromatic carbocycles. The SMILES string of the molecule is NCC(Oc1ccccc1I)c1ccsc1. The van der Waals surface area contributed by atoms with E-state index >= 15 is 0 Å². The summed E-state index contributed by atoms with van der Waals surface area (Å²) in [6, 6.07) is 10.0. The van der Waals surface area contributed by atoms with Gasteiger partial charge in [0.2, 0.25) is 0 Å². The van der Waals surface area contributed by atoms with Gasteiger partial charge in [-0.2, -0.15) is 11.3 Å². The van der Waals surface area contributed by atoms with Crippen LogP contribution in [0.5, 0.6) is 5.75 Å². The van der Waals surface area contributed by atoms with E-state index in [1.807, 2.05) is 29.6 Å². The maximum absolute atomic E-state index is 5.91. The lowest BCUT2D eigenvalue weighted by Gasteiger charge is -2.17. The number of benzene rings is 1. The molecule has 0 saturated heterocycles. The zero-order valence-electron chi connectivity index (χ0n) is 8.60. The number of thiophene rings is 1. The molecule has 2 nitrogen and oxygen atoms in total. The summed E-state index contributed by atoms with van der Waals surface area (Å²) in [5.74, 6) is 0.893. The highest BCUT2D eigenvalue weighted by atomic mass is 127. The highest BCUT2D eigenvalue weighted by Gasteiger charge is 2.12. The molecule has 1 heterocycles. The molecule has 1 unspecified atom stereocenters. The standard InChI is InChI=1S/C12H12INOS/c13-10-3-1-2-4-11(10)15-12(7-14)9-5-6-16-8-9/h1-6,8,12H,7,14H2. The van der Waals surface area contributed by atoms with Gasteiger partial charge in [-0.3, -0.25) is 0 Å². The zero-order valence-corrected chi connectivity index (χ0v) is 11.6. The van der Waals surface area contributed by atoms with E-state index in [9.17, 15) is 0 Å². The average Bonchev–Trinajstić information content (AvgIpc) is 2.81. The molecule has 0 radical (unpaired) electrons. The van der Waals surface area contributed by atoms with Gasteiger partial charge in [0.25, 0.3) is 0 Å². The third-order valence-corrected chi connectivity index (χ3v) is 3.83. The van der Waals surface area contributed by atoms with Crippen LogP contribution < -0.4 is 10.5 Å². The number of para-hydroxylation sites is 1. The van der Waals surface area contributed by atoms with Crippen LogP contribution in [0, 0.1) is 3.57 Å². The number of ether oxygens (including phenoxy) is 1. The Kier molecular flexibility index (Phi) is 4.20. The molecule has 1 atom stereocenters. The van der Waals surface area contributed by atoms with E-state index < -0.39 is 0 Å². The average molecular weight is 345 g/mol. The molecule has 0 saturated carbocycles. The van der Waals surface area contributed by atoms with Gasteiger partial charge in [-0.15, -0.1) is 0 Å². The first-order valence-electron chi connectivity index (χ1n) is 4.94. The van der Waals surface area contributed by atoms with Gasteiger partial charge >= 0.3 is 0 Å². The van der Waals surface area contributed by atoms with Gasteiger partial charge in [0, 0.05) is 12.1 Å². The van der Waals surface area contributed by atoms with Gasteiger partial charge < -0.3 is 10.5 Å². The van der Waals surface area contributed by atoms with Crippen LogP contribution >= 0.6 is 33.9 Å². The Bertz CT molecular complexity index is 444. The summed E-state index contributed by atoms with van der Waals surface area (Å²) < 4.78 is 7.02. The molecule has 2 rings (SSSR count). The second-order valence-electron chi connectivity index (χ2n) is 3.33. The maximum atomic E-state index is 5.91. The summed E-state index contributed by atoms with van der Waals surface area (Å²) in [6.07, 6.45) is -0.0536. The lowest BCUT2D eigenvalue weighted by Crippen LogP contribution is -2.18. The molecule has 0 amide bonds. The molecule has 0 aliphatic heterocycles. The number of hydrogen-bond donors (Lipinski definition) is 1. The molecule has 0 aliphatic rings. The van der Waals surface area contributed by atoms with Crippen LogP contribution in [0.1, 0.15) is 11.7 Å². The van der Waals surface area contributed by atoms with Crippen molar-refractivity contribution in [2.75, 3.05) is 6.54 Å². The van der Waals surface area contributed by atoms with Crippen LogP contribution in [-0.2, 0) is 0 Å². The fourth-order valence-electron chi connectivity index (χ4n) is 1.40. The van der Waals surface area contributed by atoms with Crippen molar-refractivity contribution in [1.82, 2.24) is 0 Å². The topological polar surface area (TPSA) is 35.2 Å². The summed E-state index contributed by atoms with van der Waals surface area (Å²) >= 11 is 3.93. The first-order valence-corrected chi connectivity index (χ1v) is 6.96. The van der Waals surface area contributed by atoms with Crippen molar-refractivity contribution >= 4 is 33.9 Å². The van der Waals surface area contributed by atoms with Gasteiger partial charge in [0.1, 0.15) is 11.9 Å². The Morgan fingerprint density at radius 1 is 1.31 bits per heavy atom. The fourth-order valence-corrected chi connectivity index (χ4v) is 2.62. The van der Waals surface area contributed by atoms with Crippen LogP contribution in [0.15, 0.2) is 41.1 Å². The molecule has 1 aromatic heterocycles. The number of nitrogens with two attached hydrogens (primary N) is 1. The van der Waals surface area contributed by atoms with E-state index in [4.69, 9.17) is 10.5 Å². The van der Waals surface area contributed by atoms with Crippen molar-refractivity contribution in [3.63, 3.8) is 0 Å². The third-order valence-electron chi connectivity index (χ3n) is 2.23. The van der Waals surface area contributed by atoms with Gasteiger partial charge in [-0.1, -0.05) is 12.1 Å². The molecule has 2 N–H and O–H groups in total. The van der Waals surface area contributed by atoms with E-state index in [1.165, 1.54) is 0 Å². The Balaban J connectivity index is 2.17. The number of hydrogen-bond acceptors (Lipinski definition) is 3. The lowest BCUT2D eigenvalue weighted by atomic mass is 10.2. The van der Waals surface area contributed by atoms with E-state index in [1.54, 1.807) is 11.3 Å². The molecule has 84 valence electrons. The molecule has 16 heavy (non-hydrogen) atoms. The van der Waals surface area contributed by atoms with Crippen molar-refractivity contribution < 1.29 is 4.74 Å². The van der Waals surface area contributed by atoms with E-state index in [-0.39, 0.29) is 6.10 Å². The molecule has 0 spiro atoms. The van der Waals surface area contributed by atoms with Crippen molar-refractivity contribution in [3.8, 4) is 5.75 Å². The molecule has 4 heteroatoms. The lowest BCUT2D eigenvalue weighted by molar-refractivity contribution is 0.213. The normalized spacial score (nSPS) is 12.4. The van der Waals surface area contributed by atoms with Gasteiger partial charge in [0.15, 0.2) is 0 Å². The van der Waals surface area contributed by atoms with E-state index in [2.05, 4.69) is 34.0 Å². The van der Waals surface area contributed by atoms with Gasteiger partial charge in [0.05, 0.1) is 3.57 Å². The monoisotopic (exact) mass is 345 g/mol. The minimum absolute atomic E-state index is 0.0536. The molecule has 2 aromatic rings. The Hall–Kier alpha value is -0.590. The zero-order chi connectivity index (χ0) is 11.4. The van der Waals surface area contributed by atoms with Crippen LogP contribution in [0.2, 0.25) is 0 Å². The van der Waals surface area contributed by atoms with Crippen molar-refractivity contribution in [2.45, 2.75) is 6.10 Å². The molecule has 0 aliphatic carbocycles. The molecule has 0 bridgehead atoms. The van der Waals surface area contributed by atoms with Gasteiger partial charge in [-0.25, -0.2) is 0 Å². The summed E-state index contributed by atoms with van der Waals surface area (Å²) in [7, 11) is 0. The van der Waals surface area contributed by atoms with Crippen molar-refractivity contribution in [2.24, 2.45) is 5.73 Å². The summed E-state index contributed by atoms with van der Waals surface area (Å²) in [5.41, 5.74) is 6.88. The fraction of sp³-hybridized carbons (Fsp3) is 0.167. The molecular weight excluding hydrogens is 333 g/mol. The van der Waals surface area contributed by atoms with Crippen molar-refractivity contribution in [1.29, 1.82) is 0 Å². The van der Waals surface area contributed by atoms with Crippen molar-refractivity contribution in [3.05, 3.63) is 50.2 Å². The Morgan fingerprint density at radius 3 is 2.75 bits per heavy atom. The number of halogens is 1. The largest absolute Gasteiger partial charge is 0.483 e. The second-order valence-corrected chi connectivity index (χ2v) is 5.27. The third kappa shape index (κ3) is 2.75. The predicted molar refractivity (Wildman–Crippen MR) is 75.9 cm³/mol. The summed E-state index contributed by atoms with van der Waals surface area (Å²) in [6.45, 7) is 0.488. The predicted octanol–water partition coefficient (Wildman–Crippen LogP) is 3.43. The van der Waals surface area contributed by atoms with Crippen LogP contribution in [0.3, 0.4) is 0 Å². The van der Waals surface area contributed by atoms with Gasteiger partial charge in [-0.05, 0) is 51.6 Å². The minimum Gasteiger partial charge on any atom is -0.483 e. The maximum Gasteiger partial charge on any atom is 0.137 e. The first-order chi connectivity index (χ1) is 7.81. The first kappa shape index (κ1) is 11.9. The van der Waals surface area contributed by atoms with E-state index in [0.717, 1.165) is 14.9 Å². The summed E-state index contributed by atoms with van der Waals surface area (Å²) in [4.78, 5) is 0. The highest BCUT2D eigenvalue weighted by Crippen LogP contribution is 2.26.